The molecule has 122 valence electrons. The molecule has 0 radical (unpaired) electrons. The molecule has 0 saturated carbocycles. The molecule has 0 bridgehead atoms. The van der Waals surface area contributed by atoms with E-state index in [0.29, 0.717) is 19.5 Å². The number of nitrogens with zero attached hydrogens (tertiary/aromatic N) is 2. The molecule has 2 aromatic heterocycles. The summed E-state index contributed by atoms with van der Waals surface area (Å²) in [4.78, 5) is 30.6. The smallest absolute Gasteiger partial charge is 0.263 e. The number of hydrogen-bond acceptors (Lipinski definition) is 4. The van der Waals surface area contributed by atoms with Crippen LogP contribution < -0.4 is 0 Å². The molecular formula is C17H20N2O2S2. The van der Waals surface area contributed by atoms with Crippen molar-refractivity contribution in [1.82, 2.24) is 9.80 Å². The number of hydrogen-bond donors (Lipinski definition) is 0. The maximum absolute atomic E-state index is 12.4. The molecule has 2 amide bonds. The number of amides is 2. The molecule has 0 N–H and O–H groups in total. The second-order valence-corrected chi connectivity index (χ2v) is 7.56. The van der Waals surface area contributed by atoms with Crippen LogP contribution >= 0.6 is 22.7 Å². The predicted molar refractivity (Wildman–Crippen MR) is 94.1 cm³/mol. The second-order valence-electron chi connectivity index (χ2n) is 5.58. The Bertz CT molecular complexity index is 638. The fraction of sp³-hybridized carbons (Fsp3) is 0.412. The van der Waals surface area contributed by atoms with Crippen LogP contribution in [0, 0.1) is 0 Å². The van der Waals surface area contributed by atoms with Gasteiger partial charge in [0.15, 0.2) is 0 Å². The summed E-state index contributed by atoms with van der Waals surface area (Å²) < 4.78 is 0. The summed E-state index contributed by atoms with van der Waals surface area (Å²) in [6, 6.07) is 7.85. The first kappa shape index (κ1) is 16.2. The third kappa shape index (κ3) is 4.20. The van der Waals surface area contributed by atoms with Crippen molar-refractivity contribution in [2.24, 2.45) is 0 Å². The molecule has 1 saturated heterocycles. The SMILES string of the molecule is O=C(CCc1cccs1)N1CCCN(C(=O)c2cccs2)CC1. The highest BCUT2D eigenvalue weighted by Gasteiger charge is 2.23. The zero-order valence-electron chi connectivity index (χ0n) is 12.9. The Morgan fingerprint density at radius 2 is 1.70 bits per heavy atom. The molecule has 1 fully saturated rings. The Kier molecular flexibility index (Phi) is 5.46. The first-order chi connectivity index (χ1) is 11.2. The Hall–Kier alpha value is -1.66. The third-order valence-corrected chi connectivity index (χ3v) is 5.83. The summed E-state index contributed by atoms with van der Waals surface area (Å²) in [7, 11) is 0. The molecule has 2 aromatic rings. The lowest BCUT2D eigenvalue weighted by atomic mass is 10.2. The highest BCUT2D eigenvalue weighted by atomic mass is 32.1. The van der Waals surface area contributed by atoms with Gasteiger partial charge < -0.3 is 9.80 Å². The molecule has 0 aliphatic carbocycles. The van der Waals surface area contributed by atoms with Gasteiger partial charge >= 0.3 is 0 Å². The van der Waals surface area contributed by atoms with Crippen LogP contribution in [0.4, 0.5) is 0 Å². The number of thiophene rings is 2. The van der Waals surface area contributed by atoms with E-state index in [-0.39, 0.29) is 11.8 Å². The van der Waals surface area contributed by atoms with Gasteiger partial charge in [-0.3, -0.25) is 9.59 Å². The Balaban J connectivity index is 1.51. The molecule has 3 rings (SSSR count). The zero-order valence-corrected chi connectivity index (χ0v) is 14.6. The number of rotatable bonds is 4. The van der Waals surface area contributed by atoms with Crippen molar-refractivity contribution in [2.45, 2.75) is 19.3 Å². The zero-order chi connectivity index (χ0) is 16.1. The lowest BCUT2D eigenvalue weighted by Crippen LogP contribution is -2.37. The molecule has 23 heavy (non-hydrogen) atoms. The molecule has 1 aliphatic heterocycles. The number of aryl methyl sites for hydroxylation is 1. The Labute approximate surface area is 144 Å². The largest absolute Gasteiger partial charge is 0.341 e. The quantitative estimate of drug-likeness (QED) is 0.852. The first-order valence-corrected chi connectivity index (χ1v) is 9.63. The molecule has 0 atom stereocenters. The first-order valence-electron chi connectivity index (χ1n) is 7.87. The van der Waals surface area contributed by atoms with Gasteiger partial charge in [-0.25, -0.2) is 0 Å². The highest BCUT2D eigenvalue weighted by molar-refractivity contribution is 7.12. The molecule has 0 spiro atoms. The minimum absolute atomic E-state index is 0.0906. The van der Waals surface area contributed by atoms with Crippen LogP contribution in [0.15, 0.2) is 35.0 Å². The lowest BCUT2D eigenvalue weighted by molar-refractivity contribution is -0.131. The van der Waals surface area contributed by atoms with Crippen molar-refractivity contribution in [3.8, 4) is 0 Å². The third-order valence-electron chi connectivity index (χ3n) is 4.03. The van der Waals surface area contributed by atoms with Crippen molar-refractivity contribution in [1.29, 1.82) is 0 Å². The molecule has 3 heterocycles. The summed E-state index contributed by atoms with van der Waals surface area (Å²) in [6.07, 6.45) is 2.21. The van der Waals surface area contributed by atoms with E-state index in [1.165, 1.54) is 16.2 Å². The van der Waals surface area contributed by atoms with Gasteiger partial charge in [0.05, 0.1) is 4.88 Å². The Morgan fingerprint density at radius 3 is 2.43 bits per heavy atom. The topological polar surface area (TPSA) is 40.6 Å². The van der Waals surface area contributed by atoms with E-state index in [2.05, 4.69) is 6.07 Å². The average molecular weight is 348 g/mol. The van der Waals surface area contributed by atoms with E-state index >= 15 is 0 Å². The van der Waals surface area contributed by atoms with Gasteiger partial charge in [0.1, 0.15) is 0 Å². The van der Waals surface area contributed by atoms with Crippen molar-refractivity contribution < 1.29 is 9.59 Å². The molecule has 6 heteroatoms. The van der Waals surface area contributed by atoms with Crippen molar-refractivity contribution >= 4 is 34.5 Å². The minimum atomic E-state index is 0.0906. The highest BCUT2D eigenvalue weighted by Crippen LogP contribution is 2.15. The number of carbonyl (C=O) groups excluding carboxylic acids is 2. The monoisotopic (exact) mass is 348 g/mol. The van der Waals surface area contributed by atoms with Gasteiger partial charge in [-0.2, -0.15) is 0 Å². The summed E-state index contributed by atoms with van der Waals surface area (Å²) in [5.41, 5.74) is 0. The predicted octanol–water partition coefficient (Wildman–Crippen LogP) is 3.12. The Morgan fingerprint density at radius 1 is 0.957 bits per heavy atom. The van der Waals surface area contributed by atoms with Crippen LogP contribution in [0.1, 0.15) is 27.4 Å². The van der Waals surface area contributed by atoms with Gasteiger partial charge in [0.25, 0.3) is 5.91 Å². The standard InChI is InChI=1S/C17H20N2O2S2/c20-16(7-6-14-4-1-12-22-14)18-8-3-9-19(11-10-18)17(21)15-5-2-13-23-15/h1-2,4-5,12-13H,3,6-11H2. The van der Waals surface area contributed by atoms with Gasteiger partial charge in [-0.05, 0) is 35.7 Å². The van der Waals surface area contributed by atoms with Crippen LogP contribution in [0.3, 0.4) is 0 Å². The van der Waals surface area contributed by atoms with E-state index in [1.807, 2.05) is 38.8 Å². The van der Waals surface area contributed by atoms with Crippen molar-refractivity contribution in [3.05, 3.63) is 44.8 Å². The molecule has 0 unspecified atom stereocenters. The van der Waals surface area contributed by atoms with E-state index < -0.39 is 0 Å². The van der Waals surface area contributed by atoms with E-state index in [4.69, 9.17) is 0 Å². The fourth-order valence-corrected chi connectivity index (χ4v) is 4.17. The van der Waals surface area contributed by atoms with Gasteiger partial charge in [-0.1, -0.05) is 12.1 Å². The molecule has 4 nitrogen and oxygen atoms in total. The van der Waals surface area contributed by atoms with Crippen LogP contribution in [0.25, 0.3) is 0 Å². The lowest BCUT2D eigenvalue weighted by Gasteiger charge is -2.22. The van der Waals surface area contributed by atoms with E-state index in [0.717, 1.165) is 30.8 Å². The minimum Gasteiger partial charge on any atom is -0.341 e. The number of carbonyl (C=O) groups is 2. The van der Waals surface area contributed by atoms with Crippen LogP contribution in [0.2, 0.25) is 0 Å². The summed E-state index contributed by atoms with van der Waals surface area (Å²) in [5.74, 6) is 0.289. The van der Waals surface area contributed by atoms with Crippen LogP contribution in [-0.4, -0.2) is 47.8 Å². The molecule has 1 aliphatic rings. The molecule has 0 aromatic carbocycles. The van der Waals surface area contributed by atoms with Crippen LogP contribution in [0.5, 0.6) is 0 Å². The fourth-order valence-electron chi connectivity index (χ4n) is 2.77. The van der Waals surface area contributed by atoms with E-state index in [9.17, 15) is 9.59 Å². The maximum Gasteiger partial charge on any atom is 0.263 e. The van der Waals surface area contributed by atoms with Crippen LogP contribution in [-0.2, 0) is 11.2 Å². The average Bonchev–Trinajstić information content (AvgIpc) is 3.22. The summed E-state index contributed by atoms with van der Waals surface area (Å²) >= 11 is 3.17. The summed E-state index contributed by atoms with van der Waals surface area (Å²) in [5, 5.41) is 3.96. The maximum atomic E-state index is 12.4. The second kappa shape index (κ2) is 7.75. The summed E-state index contributed by atoms with van der Waals surface area (Å²) in [6.45, 7) is 2.74. The van der Waals surface area contributed by atoms with Gasteiger partial charge in [-0.15, -0.1) is 22.7 Å². The normalized spacial score (nSPS) is 15.5. The van der Waals surface area contributed by atoms with E-state index in [1.54, 1.807) is 11.3 Å². The van der Waals surface area contributed by atoms with Gasteiger partial charge in [0.2, 0.25) is 5.91 Å². The van der Waals surface area contributed by atoms with Crippen molar-refractivity contribution in [3.63, 3.8) is 0 Å². The van der Waals surface area contributed by atoms with Gasteiger partial charge in [0, 0.05) is 37.5 Å². The molecular weight excluding hydrogens is 328 g/mol. The van der Waals surface area contributed by atoms with Crippen molar-refractivity contribution in [2.75, 3.05) is 26.2 Å².